The van der Waals surface area contributed by atoms with Crippen LogP contribution < -0.4 is 0 Å². The van der Waals surface area contributed by atoms with Crippen molar-refractivity contribution in [1.82, 2.24) is 4.90 Å². The standard InChI is InChI=1S/C18H37NO4/c1-3-5-7-8-9-10-14-23-16-17(21)15-19(12-13-20)18(22)11-6-4-2/h17,20-21H,3-16H2,1-2H3. The van der Waals surface area contributed by atoms with Gasteiger partial charge in [-0.1, -0.05) is 52.4 Å². The number of carbonyl (C=O) groups excluding carboxylic acids is 1. The minimum atomic E-state index is -0.688. The molecule has 1 amide bonds. The van der Waals surface area contributed by atoms with Gasteiger partial charge in [-0.25, -0.2) is 0 Å². The zero-order valence-corrected chi connectivity index (χ0v) is 15.1. The highest BCUT2D eigenvalue weighted by molar-refractivity contribution is 5.76. The van der Waals surface area contributed by atoms with Crippen molar-refractivity contribution in [3.63, 3.8) is 0 Å². The molecule has 0 aliphatic carbocycles. The first-order valence-electron chi connectivity index (χ1n) is 9.30. The number of rotatable bonds is 16. The Bertz CT molecular complexity index is 274. The molecule has 23 heavy (non-hydrogen) atoms. The molecule has 1 unspecified atom stereocenters. The monoisotopic (exact) mass is 331 g/mol. The Hall–Kier alpha value is -0.650. The van der Waals surface area contributed by atoms with Gasteiger partial charge in [-0.15, -0.1) is 0 Å². The van der Waals surface area contributed by atoms with Crippen LogP contribution in [0.1, 0.15) is 71.6 Å². The van der Waals surface area contributed by atoms with Gasteiger partial charge < -0.3 is 19.8 Å². The molecule has 0 saturated heterocycles. The molecule has 0 saturated carbocycles. The molecule has 0 aromatic rings. The van der Waals surface area contributed by atoms with E-state index in [9.17, 15) is 9.90 Å². The van der Waals surface area contributed by atoms with Gasteiger partial charge in [-0.2, -0.15) is 0 Å². The van der Waals surface area contributed by atoms with Crippen molar-refractivity contribution in [2.24, 2.45) is 0 Å². The van der Waals surface area contributed by atoms with Gasteiger partial charge >= 0.3 is 0 Å². The van der Waals surface area contributed by atoms with E-state index in [1.165, 1.54) is 37.0 Å². The SMILES string of the molecule is CCCCCCCCOCC(O)CN(CCO)C(=O)CCCC. The lowest BCUT2D eigenvalue weighted by molar-refractivity contribution is -0.133. The van der Waals surface area contributed by atoms with Crippen LogP contribution in [0.2, 0.25) is 0 Å². The van der Waals surface area contributed by atoms with E-state index in [0.717, 1.165) is 19.3 Å². The summed E-state index contributed by atoms with van der Waals surface area (Å²) in [5.74, 6) is -0.00382. The van der Waals surface area contributed by atoms with Gasteiger partial charge in [0, 0.05) is 26.1 Å². The number of amides is 1. The lowest BCUT2D eigenvalue weighted by Crippen LogP contribution is -2.40. The summed E-state index contributed by atoms with van der Waals surface area (Å²) < 4.78 is 5.49. The van der Waals surface area contributed by atoms with E-state index in [0.29, 0.717) is 13.0 Å². The molecule has 0 aromatic heterocycles. The molecule has 0 aliphatic rings. The van der Waals surface area contributed by atoms with Crippen molar-refractivity contribution >= 4 is 5.91 Å². The van der Waals surface area contributed by atoms with Crippen molar-refractivity contribution in [3.05, 3.63) is 0 Å². The smallest absolute Gasteiger partial charge is 0.222 e. The molecule has 0 heterocycles. The van der Waals surface area contributed by atoms with Crippen LogP contribution in [0.15, 0.2) is 0 Å². The van der Waals surface area contributed by atoms with Crippen LogP contribution >= 0.6 is 0 Å². The fourth-order valence-corrected chi connectivity index (χ4v) is 2.44. The van der Waals surface area contributed by atoms with E-state index < -0.39 is 6.10 Å². The van der Waals surface area contributed by atoms with Gasteiger partial charge in [0.1, 0.15) is 0 Å². The molecule has 1 atom stereocenters. The third kappa shape index (κ3) is 13.5. The largest absolute Gasteiger partial charge is 0.395 e. The summed E-state index contributed by atoms with van der Waals surface area (Å²) in [5.41, 5.74) is 0. The third-order valence-corrected chi connectivity index (χ3v) is 3.85. The summed E-state index contributed by atoms with van der Waals surface area (Å²) >= 11 is 0. The summed E-state index contributed by atoms with van der Waals surface area (Å²) in [6.45, 7) is 5.58. The van der Waals surface area contributed by atoms with Gasteiger partial charge in [-0.3, -0.25) is 4.79 Å². The molecule has 0 radical (unpaired) electrons. The average molecular weight is 331 g/mol. The first-order valence-corrected chi connectivity index (χ1v) is 9.30. The van der Waals surface area contributed by atoms with Gasteiger partial charge in [0.2, 0.25) is 5.91 Å². The average Bonchev–Trinajstić information content (AvgIpc) is 2.54. The maximum Gasteiger partial charge on any atom is 0.222 e. The quantitative estimate of drug-likeness (QED) is 0.427. The molecule has 0 bridgehead atoms. The van der Waals surface area contributed by atoms with Crippen molar-refractivity contribution in [3.8, 4) is 0 Å². The normalized spacial score (nSPS) is 12.3. The first-order chi connectivity index (χ1) is 11.2. The van der Waals surface area contributed by atoms with Gasteiger partial charge in [0.05, 0.1) is 19.3 Å². The molecule has 2 N–H and O–H groups in total. The highest BCUT2D eigenvalue weighted by Gasteiger charge is 2.16. The summed E-state index contributed by atoms with van der Waals surface area (Å²) in [6, 6.07) is 0. The first kappa shape index (κ1) is 22.4. The maximum absolute atomic E-state index is 12.0. The number of aliphatic hydroxyl groups is 2. The van der Waals surface area contributed by atoms with Gasteiger partial charge in [-0.05, 0) is 12.8 Å². The second-order valence-corrected chi connectivity index (χ2v) is 6.16. The number of ether oxygens (including phenoxy) is 1. The van der Waals surface area contributed by atoms with Crippen molar-refractivity contribution in [2.75, 3.05) is 32.9 Å². The summed E-state index contributed by atoms with van der Waals surface area (Å²) in [7, 11) is 0. The molecule has 5 nitrogen and oxygen atoms in total. The predicted molar refractivity (Wildman–Crippen MR) is 93.4 cm³/mol. The second kappa shape index (κ2) is 16.2. The highest BCUT2D eigenvalue weighted by atomic mass is 16.5. The Balaban J connectivity index is 3.77. The van der Waals surface area contributed by atoms with Crippen LogP contribution in [0.25, 0.3) is 0 Å². The van der Waals surface area contributed by atoms with Gasteiger partial charge in [0.25, 0.3) is 0 Å². The Morgan fingerprint density at radius 3 is 2.35 bits per heavy atom. The summed E-state index contributed by atoms with van der Waals surface area (Å²) in [4.78, 5) is 13.5. The van der Waals surface area contributed by atoms with Crippen LogP contribution in [0, 0.1) is 0 Å². The predicted octanol–water partition coefficient (Wildman–Crippen LogP) is 2.74. The van der Waals surface area contributed by atoms with Crippen molar-refractivity contribution < 1.29 is 19.7 Å². The summed E-state index contributed by atoms with van der Waals surface area (Å²) in [6.07, 6.45) is 8.86. The molecule has 0 fully saturated rings. The van der Waals surface area contributed by atoms with Crippen LogP contribution in [-0.4, -0.2) is 60.0 Å². The molecular formula is C18H37NO4. The number of unbranched alkanes of at least 4 members (excludes halogenated alkanes) is 6. The fourth-order valence-electron chi connectivity index (χ4n) is 2.44. The van der Waals surface area contributed by atoms with E-state index in [-0.39, 0.29) is 32.2 Å². The zero-order chi connectivity index (χ0) is 17.3. The molecule has 138 valence electrons. The Kier molecular flexibility index (Phi) is 15.8. The van der Waals surface area contributed by atoms with Crippen molar-refractivity contribution in [1.29, 1.82) is 0 Å². The number of aliphatic hydroxyl groups excluding tert-OH is 2. The maximum atomic E-state index is 12.0. The van der Waals surface area contributed by atoms with E-state index in [4.69, 9.17) is 9.84 Å². The molecule has 0 rings (SSSR count). The second-order valence-electron chi connectivity index (χ2n) is 6.16. The number of carbonyl (C=O) groups is 1. The van der Waals surface area contributed by atoms with E-state index in [2.05, 4.69) is 6.92 Å². The molecule has 0 aliphatic heterocycles. The van der Waals surface area contributed by atoms with Crippen LogP contribution in [-0.2, 0) is 9.53 Å². The molecule has 5 heteroatoms. The highest BCUT2D eigenvalue weighted by Crippen LogP contribution is 2.06. The lowest BCUT2D eigenvalue weighted by Gasteiger charge is -2.24. The topological polar surface area (TPSA) is 70.0 Å². The van der Waals surface area contributed by atoms with Crippen LogP contribution in [0.4, 0.5) is 0 Å². The van der Waals surface area contributed by atoms with Crippen LogP contribution in [0.5, 0.6) is 0 Å². The zero-order valence-electron chi connectivity index (χ0n) is 15.1. The minimum Gasteiger partial charge on any atom is -0.395 e. The van der Waals surface area contributed by atoms with Gasteiger partial charge in [0.15, 0.2) is 0 Å². The van der Waals surface area contributed by atoms with Crippen molar-refractivity contribution in [2.45, 2.75) is 77.7 Å². The Morgan fingerprint density at radius 2 is 1.70 bits per heavy atom. The number of hydrogen-bond donors (Lipinski definition) is 2. The molecular weight excluding hydrogens is 294 g/mol. The molecule has 0 aromatic carbocycles. The van der Waals surface area contributed by atoms with E-state index in [1.54, 1.807) is 0 Å². The molecule has 0 spiro atoms. The minimum absolute atomic E-state index is 0.00382. The Labute approximate surface area is 142 Å². The summed E-state index contributed by atoms with van der Waals surface area (Å²) in [5, 5.41) is 19.0. The number of hydrogen-bond acceptors (Lipinski definition) is 4. The third-order valence-electron chi connectivity index (χ3n) is 3.85. The van der Waals surface area contributed by atoms with Crippen LogP contribution in [0.3, 0.4) is 0 Å². The van der Waals surface area contributed by atoms with E-state index in [1.807, 2.05) is 6.92 Å². The lowest BCUT2D eigenvalue weighted by atomic mass is 10.1. The van der Waals surface area contributed by atoms with E-state index >= 15 is 0 Å². The number of nitrogens with zero attached hydrogens (tertiary/aromatic N) is 1. The fraction of sp³-hybridized carbons (Fsp3) is 0.944. The Morgan fingerprint density at radius 1 is 1.04 bits per heavy atom.